The number of fused-ring (bicyclic) bond motifs is 1. The number of nitrogens with two attached hydrogens (primary N) is 1. The minimum Gasteiger partial charge on any atom is -0.398 e. The van der Waals surface area contributed by atoms with Gasteiger partial charge in [0.15, 0.2) is 0 Å². The molecule has 0 unspecified atom stereocenters. The Kier molecular flexibility index (Phi) is 3.43. The molecule has 0 saturated carbocycles. The molecule has 2 N–H and O–H groups in total. The van der Waals surface area contributed by atoms with Crippen molar-refractivity contribution in [1.29, 1.82) is 0 Å². The number of halogens is 1. The molecule has 2 rings (SSSR count). The molecule has 1 aliphatic heterocycles. The van der Waals surface area contributed by atoms with E-state index in [1.807, 2.05) is 13.8 Å². The van der Waals surface area contributed by atoms with E-state index in [1.165, 1.54) is 4.90 Å². The highest BCUT2D eigenvalue weighted by atomic mass is 79.9. The normalized spacial score (nSPS) is 14.6. The van der Waals surface area contributed by atoms with Crippen LogP contribution in [-0.2, 0) is 0 Å². The fourth-order valence-corrected chi connectivity index (χ4v) is 2.85. The zero-order valence-electron chi connectivity index (χ0n) is 10.4. The summed E-state index contributed by atoms with van der Waals surface area (Å²) < 4.78 is 0.624. The molecule has 0 saturated heterocycles. The zero-order valence-corrected chi connectivity index (χ0v) is 12.0. The van der Waals surface area contributed by atoms with Crippen LogP contribution < -0.4 is 5.73 Å². The number of anilines is 1. The number of nitrogens with zero attached hydrogens (tertiary/aromatic N) is 1. The molecule has 1 aromatic carbocycles. The lowest BCUT2D eigenvalue weighted by molar-refractivity contribution is 0.0576. The second kappa shape index (κ2) is 4.72. The smallest absolute Gasteiger partial charge is 0.263 e. The van der Waals surface area contributed by atoms with Crippen molar-refractivity contribution in [2.75, 3.05) is 5.73 Å². The van der Waals surface area contributed by atoms with Crippen LogP contribution in [0.1, 0.15) is 47.4 Å². The van der Waals surface area contributed by atoms with Gasteiger partial charge in [0.25, 0.3) is 11.8 Å². The standard InChI is InChI=1S/C13H15BrN2O2/c1-3-7(4-2)16-12(17)10-8(14)5-6-9(15)11(10)13(16)18/h5-7H,3-4,15H2,1-2H3. The van der Waals surface area contributed by atoms with E-state index in [1.54, 1.807) is 12.1 Å². The Labute approximate surface area is 114 Å². The van der Waals surface area contributed by atoms with E-state index in [0.29, 0.717) is 21.3 Å². The second-order valence-corrected chi connectivity index (χ2v) is 5.19. The van der Waals surface area contributed by atoms with Crippen LogP contribution in [0.4, 0.5) is 5.69 Å². The van der Waals surface area contributed by atoms with E-state index in [9.17, 15) is 9.59 Å². The number of carbonyl (C=O) groups is 2. The number of nitrogen functional groups attached to an aromatic ring is 1. The largest absolute Gasteiger partial charge is 0.398 e. The van der Waals surface area contributed by atoms with Crippen LogP contribution in [0.15, 0.2) is 16.6 Å². The van der Waals surface area contributed by atoms with Crippen molar-refractivity contribution < 1.29 is 9.59 Å². The summed E-state index contributed by atoms with van der Waals surface area (Å²) in [4.78, 5) is 26.0. The van der Waals surface area contributed by atoms with Crippen molar-refractivity contribution in [3.8, 4) is 0 Å². The molecule has 18 heavy (non-hydrogen) atoms. The molecular weight excluding hydrogens is 296 g/mol. The van der Waals surface area contributed by atoms with Gasteiger partial charge in [0.1, 0.15) is 0 Å². The Morgan fingerprint density at radius 3 is 2.22 bits per heavy atom. The maximum absolute atomic E-state index is 12.4. The first-order valence-electron chi connectivity index (χ1n) is 5.98. The van der Waals surface area contributed by atoms with Gasteiger partial charge in [0, 0.05) is 16.2 Å². The monoisotopic (exact) mass is 310 g/mol. The number of hydrogen-bond donors (Lipinski definition) is 1. The number of hydrogen-bond acceptors (Lipinski definition) is 3. The van der Waals surface area contributed by atoms with Gasteiger partial charge in [-0.2, -0.15) is 0 Å². The van der Waals surface area contributed by atoms with Gasteiger partial charge in [-0.05, 0) is 40.9 Å². The molecule has 0 spiro atoms. The number of imide groups is 1. The average Bonchev–Trinajstić information content (AvgIpc) is 2.61. The van der Waals surface area contributed by atoms with Crippen LogP contribution in [0.2, 0.25) is 0 Å². The first kappa shape index (κ1) is 13.1. The van der Waals surface area contributed by atoms with Crippen LogP contribution in [0, 0.1) is 0 Å². The molecular formula is C13H15BrN2O2. The van der Waals surface area contributed by atoms with Crippen LogP contribution in [0.25, 0.3) is 0 Å². The highest BCUT2D eigenvalue weighted by Gasteiger charge is 2.41. The van der Waals surface area contributed by atoms with Crippen molar-refractivity contribution in [2.24, 2.45) is 0 Å². The first-order valence-corrected chi connectivity index (χ1v) is 6.78. The Morgan fingerprint density at radius 1 is 1.17 bits per heavy atom. The molecule has 0 fully saturated rings. The lowest BCUT2D eigenvalue weighted by Crippen LogP contribution is -2.39. The van der Waals surface area contributed by atoms with Gasteiger partial charge in [-0.1, -0.05) is 13.8 Å². The maximum atomic E-state index is 12.4. The minimum atomic E-state index is -0.275. The van der Waals surface area contributed by atoms with E-state index >= 15 is 0 Å². The molecule has 2 amide bonds. The summed E-state index contributed by atoms with van der Waals surface area (Å²) in [6.45, 7) is 3.94. The van der Waals surface area contributed by atoms with Crippen LogP contribution in [-0.4, -0.2) is 22.8 Å². The van der Waals surface area contributed by atoms with Gasteiger partial charge in [-0.25, -0.2) is 0 Å². The van der Waals surface area contributed by atoms with Crippen molar-refractivity contribution in [2.45, 2.75) is 32.7 Å². The molecule has 96 valence electrons. The first-order chi connectivity index (χ1) is 8.52. The third-order valence-electron chi connectivity index (χ3n) is 3.36. The van der Waals surface area contributed by atoms with E-state index in [2.05, 4.69) is 15.9 Å². The predicted octanol–water partition coefficient (Wildman–Crippen LogP) is 2.82. The van der Waals surface area contributed by atoms with Crippen molar-refractivity contribution in [3.63, 3.8) is 0 Å². The van der Waals surface area contributed by atoms with Gasteiger partial charge in [-0.3, -0.25) is 14.5 Å². The molecule has 4 nitrogen and oxygen atoms in total. The fraction of sp³-hybridized carbons (Fsp3) is 0.385. The molecule has 1 aliphatic rings. The Bertz CT molecular complexity index is 483. The van der Waals surface area contributed by atoms with Crippen molar-refractivity contribution in [3.05, 3.63) is 27.7 Å². The van der Waals surface area contributed by atoms with Crippen LogP contribution in [0.3, 0.4) is 0 Å². The Hall–Kier alpha value is -1.36. The van der Waals surface area contributed by atoms with Gasteiger partial charge in [-0.15, -0.1) is 0 Å². The number of rotatable bonds is 3. The van der Waals surface area contributed by atoms with Crippen molar-refractivity contribution >= 4 is 33.4 Å². The summed E-state index contributed by atoms with van der Waals surface area (Å²) in [6, 6.07) is 3.28. The molecule has 1 heterocycles. The van der Waals surface area contributed by atoms with E-state index < -0.39 is 0 Å². The van der Waals surface area contributed by atoms with Crippen LogP contribution >= 0.6 is 15.9 Å². The fourth-order valence-electron chi connectivity index (χ4n) is 2.35. The lowest BCUT2D eigenvalue weighted by Gasteiger charge is -2.23. The quantitative estimate of drug-likeness (QED) is 0.689. The summed E-state index contributed by atoms with van der Waals surface area (Å²) in [5.74, 6) is -0.523. The summed E-state index contributed by atoms with van der Waals surface area (Å²) in [6.07, 6.45) is 1.50. The van der Waals surface area contributed by atoms with E-state index in [-0.39, 0.29) is 17.9 Å². The highest BCUT2D eigenvalue weighted by molar-refractivity contribution is 9.10. The van der Waals surface area contributed by atoms with E-state index in [0.717, 1.165) is 12.8 Å². The SMILES string of the molecule is CCC(CC)N1C(=O)c2c(N)ccc(Br)c2C1=O. The van der Waals surface area contributed by atoms with Crippen LogP contribution in [0.5, 0.6) is 0 Å². The molecule has 0 aromatic heterocycles. The number of carbonyl (C=O) groups excluding carboxylic acids is 2. The summed E-state index contributed by atoms with van der Waals surface area (Å²) >= 11 is 3.31. The molecule has 1 aromatic rings. The average molecular weight is 311 g/mol. The predicted molar refractivity (Wildman–Crippen MR) is 73.4 cm³/mol. The van der Waals surface area contributed by atoms with Gasteiger partial charge in [0.05, 0.1) is 11.1 Å². The molecule has 5 heteroatoms. The maximum Gasteiger partial charge on any atom is 0.263 e. The third kappa shape index (κ3) is 1.73. The summed E-state index contributed by atoms with van der Waals surface area (Å²) in [5, 5.41) is 0. The Morgan fingerprint density at radius 2 is 1.72 bits per heavy atom. The van der Waals surface area contributed by atoms with Gasteiger partial charge >= 0.3 is 0 Å². The minimum absolute atomic E-state index is 0.0660. The number of amides is 2. The molecule has 0 aliphatic carbocycles. The second-order valence-electron chi connectivity index (χ2n) is 4.34. The summed E-state index contributed by atoms with van der Waals surface area (Å²) in [5.41, 5.74) is 6.91. The zero-order chi connectivity index (χ0) is 13.4. The molecule has 0 bridgehead atoms. The number of benzene rings is 1. The molecule has 0 atom stereocenters. The van der Waals surface area contributed by atoms with Gasteiger partial charge < -0.3 is 5.73 Å². The highest BCUT2D eigenvalue weighted by Crippen LogP contribution is 2.35. The molecule has 0 radical (unpaired) electrons. The Balaban J connectivity index is 2.57. The summed E-state index contributed by atoms with van der Waals surface area (Å²) in [7, 11) is 0. The topological polar surface area (TPSA) is 63.4 Å². The van der Waals surface area contributed by atoms with Crippen molar-refractivity contribution in [1.82, 2.24) is 4.90 Å². The third-order valence-corrected chi connectivity index (χ3v) is 4.02. The van der Waals surface area contributed by atoms with E-state index in [4.69, 9.17) is 5.73 Å². The van der Waals surface area contributed by atoms with Gasteiger partial charge in [0.2, 0.25) is 0 Å². The lowest BCUT2D eigenvalue weighted by atomic mass is 10.1.